The van der Waals surface area contributed by atoms with Crippen molar-refractivity contribution < 1.29 is 14.3 Å². The lowest BCUT2D eigenvalue weighted by molar-refractivity contribution is -0.123. The molecule has 0 unspecified atom stereocenters. The maximum absolute atomic E-state index is 12.0. The minimum absolute atomic E-state index is 0.0807. The minimum Gasteiger partial charge on any atom is -0.484 e. The van der Waals surface area contributed by atoms with E-state index in [2.05, 4.69) is 10.4 Å². The van der Waals surface area contributed by atoms with E-state index in [1.807, 2.05) is 48.1 Å². The SMILES string of the molecule is CCC(=O)c1ccc(OCC(=O)NCc2cnn(Cc3ccccc3)c2)cc1. The van der Waals surface area contributed by atoms with Crippen molar-refractivity contribution in [2.45, 2.75) is 26.4 Å². The first kappa shape index (κ1) is 19.4. The van der Waals surface area contributed by atoms with E-state index < -0.39 is 0 Å². The van der Waals surface area contributed by atoms with Crippen molar-refractivity contribution >= 4 is 11.7 Å². The third kappa shape index (κ3) is 5.54. The molecular formula is C22H23N3O3. The van der Waals surface area contributed by atoms with Crippen LogP contribution in [0.15, 0.2) is 67.0 Å². The molecule has 1 amide bonds. The Kier molecular flexibility index (Phi) is 6.57. The number of rotatable bonds is 9. The summed E-state index contributed by atoms with van der Waals surface area (Å²) < 4.78 is 7.30. The van der Waals surface area contributed by atoms with Crippen LogP contribution in [0.1, 0.15) is 34.8 Å². The lowest BCUT2D eigenvalue weighted by Crippen LogP contribution is -2.28. The van der Waals surface area contributed by atoms with Gasteiger partial charge in [-0.1, -0.05) is 37.3 Å². The summed E-state index contributed by atoms with van der Waals surface area (Å²) in [5, 5.41) is 7.13. The van der Waals surface area contributed by atoms with E-state index in [0.717, 1.165) is 5.56 Å². The van der Waals surface area contributed by atoms with Crippen LogP contribution in [-0.4, -0.2) is 28.1 Å². The van der Waals surface area contributed by atoms with E-state index in [4.69, 9.17) is 4.74 Å². The minimum atomic E-state index is -0.218. The van der Waals surface area contributed by atoms with Crippen LogP contribution in [0.4, 0.5) is 0 Å². The van der Waals surface area contributed by atoms with Gasteiger partial charge in [0.05, 0.1) is 12.7 Å². The van der Waals surface area contributed by atoms with Crippen molar-refractivity contribution in [1.29, 1.82) is 0 Å². The number of hydrogen-bond donors (Lipinski definition) is 1. The summed E-state index contributed by atoms with van der Waals surface area (Å²) in [6.07, 6.45) is 4.12. The number of hydrogen-bond acceptors (Lipinski definition) is 4. The number of nitrogens with zero attached hydrogens (tertiary/aromatic N) is 2. The summed E-state index contributed by atoms with van der Waals surface area (Å²) in [6, 6.07) is 16.9. The highest BCUT2D eigenvalue weighted by atomic mass is 16.5. The Balaban J connectivity index is 1.42. The van der Waals surface area contributed by atoms with Crippen LogP contribution >= 0.6 is 0 Å². The number of carbonyl (C=O) groups excluding carboxylic acids is 2. The topological polar surface area (TPSA) is 73.2 Å². The molecular weight excluding hydrogens is 354 g/mol. The first-order valence-corrected chi connectivity index (χ1v) is 9.22. The van der Waals surface area contributed by atoms with Gasteiger partial charge in [0.25, 0.3) is 5.91 Å². The van der Waals surface area contributed by atoms with E-state index in [1.165, 1.54) is 5.56 Å². The Morgan fingerprint density at radius 1 is 1.04 bits per heavy atom. The zero-order valence-corrected chi connectivity index (χ0v) is 15.8. The molecule has 2 aromatic carbocycles. The standard InChI is InChI=1S/C22H23N3O3/c1-2-21(26)19-8-10-20(11-9-19)28-16-22(27)23-12-18-13-24-25(15-18)14-17-6-4-3-5-7-17/h3-11,13,15H,2,12,14,16H2,1H3,(H,23,27). The van der Waals surface area contributed by atoms with Gasteiger partial charge in [-0.05, 0) is 29.8 Å². The van der Waals surface area contributed by atoms with Crippen molar-refractivity contribution in [2.24, 2.45) is 0 Å². The van der Waals surface area contributed by atoms with Crippen LogP contribution in [0.25, 0.3) is 0 Å². The Labute approximate surface area is 164 Å². The molecule has 28 heavy (non-hydrogen) atoms. The maximum Gasteiger partial charge on any atom is 0.258 e. The van der Waals surface area contributed by atoms with Gasteiger partial charge in [0, 0.05) is 30.3 Å². The van der Waals surface area contributed by atoms with Crippen molar-refractivity contribution in [3.8, 4) is 5.75 Å². The van der Waals surface area contributed by atoms with Crippen LogP contribution in [0.3, 0.4) is 0 Å². The van der Waals surface area contributed by atoms with Crippen LogP contribution in [0.2, 0.25) is 0 Å². The van der Waals surface area contributed by atoms with Crippen molar-refractivity contribution in [3.05, 3.63) is 83.7 Å². The van der Waals surface area contributed by atoms with Gasteiger partial charge in [-0.15, -0.1) is 0 Å². The highest BCUT2D eigenvalue weighted by molar-refractivity contribution is 5.95. The Morgan fingerprint density at radius 2 is 1.79 bits per heavy atom. The number of Topliss-reactive ketones (excluding diaryl/α,β-unsaturated/α-hetero) is 1. The van der Waals surface area contributed by atoms with Crippen molar-refractivity contribution in [3.63, 3.8) is 0 Å². The molecule has 0 spiro atoms. The largest absolute Gasteiger partial charge is 0.484 e. The summed E-state index contributed by atoms with van der Waals surface area (Å²) >= 11 is 0. The third-order valence-corrected chi connectivity index (χ3v) is 4.23. The number of carbonyl (C=O) groups is 2. The lowest BCUT2D eigenvalue weighted by atomic mass is 10.1. The van der Waals surface area contributed by atoms with Gasteiger partial charge in [-0.3, -0.25) is 14.3 Å². The van der Waals surface area contributed by atoms with E-state index in [-0.39, 0.29) is 18.3 Å². The Bertz CT molecular complexity index is 918. The van der Waals surface area contributed by atoms with E-state index in [1.54, 1.807) is 30.5 Å². The van der Waals surface area contributed by atoms with Gasteiger partial charge in [0.2, 0.25) is 0 Å². The fraction of sp³-hybridized carbons (Fsp3) is 0.227. The van der Waals surface area contributed by atoms with Gasteiger partial charge >= 0.3 is 0 Å². The molecule has 0 saturated carbocycles. The smallest absolute Gasteiger partial charge is 0.258 e. The second-order valence-electron chi connectivity index (χ2n) is 6.40. The predicted molar refractivity (Wildman–Crippen MR) is 106 cm³/mol. The van der Waals surface area contributed by atoms with Gasteiger partial charge in [-0.25, -0.2) is 0 Å². The molecule has 6 heteroatoms. The zero-order valence-electron chi connectivity index (χ0n) is 15.8. The molecule has 0 saturated heterocycles. The predicted octanol–water partition coefficient (Wildman–Crippen LogP) is 3.22. The molecule has 0 aliphatic rings. The molecule has 0 atom stereocenters. The summed E-state index contributed by atoms with van der Waals surface area (Å²) in [5.74, 6) is 0.417. The lowest BCUT2D eigenvalue weighted by Gasteiger charge is -2.07. The van der Waals surface area contributed by atoms with Gasteiger partial charge in [-0.2, -0.15) is 5.10 Å². The number of aromatic nitrogens is 2. The molecule has 0 radical (unpaired) electrons. The van der Waals surface area contributed by atoms with Gasteiger partial charge in [0.1, 0.15) is 5.75 Å². The number of nitrogens with one attached hydrogen (secondary N) is 1. The average Bonchev–Trinajstić information content (AvgIpc) is 3.18. The highest BCUT2D eigenvalue weighted by Gasteiger charge is 2.06. The Morgan fingerprint density at radius 3 is 2.50 bits per heavy atom. The van der Waals surface area contributed by atoms with Crippen LogP contribution in [0, 0.1) is 0 Å². The quantitative estimate of drug-likeness (QED) is 0.581. The zero-order chi connectivity index (χ0) is 19.8. The molecule has 0 aliphatic heterocycles. The fourth-order valence-electron chi connectivity index (χ4n) is 2.70. The van der Waals surface area contributed by atoms with Crippen molar-refractivity contribution in [1.82, 2.24) is 15.1 Å². The highest BCUT2D eigenvalue weighted by Crippen LogP contribution is 2.13. The summed E-state index contributed by atoms with van der Waals surface area (Å²) in [6.45, 7) is 2.82. The van der Waals surface area contributed by atoms with E-state index >= 15 is 0 Å². The van der Waals surface area contributed by atoms with Crippen LogP contribution in [-0.2, 0) is 17.9 Å². The molecule has 1 heterocycles. The molecule has 3 rings (SSSR count). The van der Waals surface area contributed by atoms with E-state index in [0.29, 0.717) is 30.8 Å². The second-order valence-corrected chi connectivity index (χ2v) is 6.40. The normalized spacial score (nSPS) is 10.5. The summed E-state index contributed by atoms with van der Waals surface area (Å²) in [7, 11) is 0. The molecule has 1 N–H and O–H groups in total. The summed E-state index contributed by atoms with van der Waals surface area (Å²) in [4.78, 5) is 23.6. The number of ketones is 1. The monoisotopic (exact) mass is 377 g/mol. The fourth-order valence-corrected chi connectivity index (χ4v) is 2.70. The number of benzene rings is 2. The molecule has 0 bridgehead atoms. The van der Waals surface area contributed by atoms with E-state index in [9.17, 15) is 9.59 Å². The van der Waals surface area contributed by atoms with Gasteiger partial charge in [0.15, 0.2) is 12.4 Å². The van der Waals surface area contributed by atoms with Gasteiger partial charge < -0.3 is 10.1 Å². The van der Waals surface area contributed by atoms with Crippen LogP contribution < -0.4 is 10.1 Å². The molecule has 0 aliphatic carbocycles. The number of ether oxygens (including phenoxy) is 1. The second kappa shape index (κ2) is 9.50. The average molecular weight is 377 g/mol. The Hall–Kier alpha value is -3.41. The first-order valence-electron chi connectivity index (χ1n) is 9.22. The summed E-state index contributed by atoms with van der Waals surface area (Å²) in [5.41, 5.74) is 2.74. The molecule has 0 fully saturated rings. The van der Waals surface area contributed by atoms with Crippen molar-refractivity contribution in [2.75, 3.05) is 6.61 Å². The third-order valence-electron chi connectivity index (χ3n) is 4.23. The molecule has 1 aromatic heterocycles. The molecule has 6 nitrogen and oxygen atoms in total. The number of amides is 1. The molecule has 144 valence electrons. The maximum atomic E-state index is 12.0. The first-order chi connectivity index (χ1) is 13.6. The van der Waals surface area contributed by atoms with Crippen LogP contribution in [0.5, 0.6) is 5.75 Å². The molecule has 3 aromatic rings.